The van der Waals surface area contributed by atoms with Crippen LogP contribution in [0.1, 0.15) is 93.7 Å². The van der Waals surface area contributed by atoms with E-state index in [2.05, 4.69) is 107 Å². The smallest absolute Gasteiger partial charge is 0.123 e. The molecule has 39 heavy (non-hydrogen) atoms. The first-order valence-electron chi connectivity index (χ1n) is 14.8. The van der Waals surface area contributed by atoms with Crippen LogP contribution in [0.5, 0.6) is 5.75 Å². The maximum Gasteiger partial charge on any atom is 0.123 e. The molecule has 0 bridgehead atoms. The van der Waals surface area contributed by atoms with Crippen molar-refractivity contribution in [3.63, 3.8) is 0 Å². The van der Waals surface area contributed by atoms with Gasteiger partial charge in [0.2, 0.25) is 0 Å². The van der Waals surface area contributed by atoms with E-state index in [9.17, 15) is 5.11 Å². The molecule has 1 heteroatoms. The second-order valence-corrected chi connectivity index (χ2v) is 14.1. The monoisotopic (exact) mass is 512 g/mol. The van der Waals surface area contributed by atoms with Crippen molar-refractivity contribution in [1.29, 1.82) is 0 Å². The first kappa shape index (κ1) is 24.7. The molecule has 0 saturated heterocycles. The zero-order chi connectivity index (χ0) is 27.2. The Kier molecular flexibility index (Phi) is 5.28. The quantitative estimate of drug-likeness (QED) is 0.283. The summed E-state index contributed by atoms with van der Waals surface area (Å²) in [6.07, 6.45) is 8.93. The van der Waals surface area contributed by atoms with Crippen LogP contribution in [0.25, 0.3) is 33.5 Å². The van der Waals surface area contributed by atoms with Gasteiger partial charge in [-0.3, -0.25) is 0 Å². The predicted molar refractivity (Wildman–Crippen MR) is 165 cm³/mol. The Bertz CT molecular complexity index is 1660. The molecule has 3 aliphatic carbocycles. The van der Waals surface area contributed by atoms with E-state index < -0.39 is 0 Å². The minimum absolute atomic E-state index is 0.0739. The van der Waals surface area contributed by atoms with Gasteiger partial charge in [-0.15, -0.1) is 0 Å². The van der Waals surface area contributed by atoms with Crippen LogP contribution >= 0.6 is 0 Å². The fourth-order valence-corrected chi connectivity index (χ4v) is 9.16. The van der Waals surface area contributed by atoms with Crippen LogP contribution in [0.2, 0.25) is 0 Å². The van der Waals surface area contributed by atoms with Gasteiger partial charge in [0.25, 0.3) is 0 Å². The van der Waals surface area contributed by atoms with E-state index in [4.69, 9.17) is 0 Å². The number of fused-ring (bicyclic) bond motifs is 8. The summed E-state index contributed by atoms with van der Waals surface area (Å²) >= 11 is 0. The van der Waals surface area contributed by atoms with Crippen LogP contribution in [0.15, 0.2) is 66.7 Å². The molecule has 1 spiro atoms. The highest BCUT2D eigenvalue weighted by atomic mass is 16.3. The third-order valence-electron chi connectivity index (χ3n) is 9.86. The number of rotatable bonds is 2. The molecule has 1 saturated carbocycles. The van der Waals surface area contributed by atoms with Crippen molar-refractivity contribution in [2.24, 2.45) is 10.8 Å². The predicted octanol–water partition coefficient (Wildman–Crippen LogP) is 10.1. The summed E-state index contributed by atoms with van der Waals surface area (Å²) in [5.74, 6) is 0.432. The molecule has 1 nitrogen and oxygen atoms in total. The largest absolute Gasteiger partial charge is 0.507 e. The topological polar surface area (TPSA) is 20.2 Å². The number of aryl methyl sites for hydroxylation is 2. The van der Waals surface area contributed by atoms with Crippen molar-refractivity contribution in [3.8, 4) is 16.9 Å². The molecule has 0 atom stereocenters. The van der Waals surface area contributed by atoms with E-state index in [0.29, 0.717) is 5.75 Å². The standard InChI is InChI=1S/C38H40O/c1-6-24-18-30-31(19-29(24)27-16-15-25-11-7-8-12-26(25)17-27)35-28-13-9-10-14-32(28)38(33(35)20-34(30)39)22-36(2,3)21-37(4,5)23-38/h7-14,17-20,39H,6,15-16,21-23H2,1-5H3. The lowest BCUT2D eigenvalue weighted by Gasteiger charge is -2.51. The molecule has 0 amide bonds. The Morgan fingerprint density at radius 2 is 1.44 bits per heavy atom. The minimum atomic E-state index is -0.0739. The highest BCUT2D eigenvalue weighted by Gasteiger charge is 2.53. The van der Waals surface area contributed by atoms with Crippen molar-refractivity contribution < 1.29 is 5.11 Å². The zero-order valence-corrected chi connectivity index (χ0v) is 24.1. The van der Waals surface area contributed by atoms with E-state index in [-0.39, 0.29) is 16.2 Å². The van der Waals surface area contributed by atoms with Crippen LogP contribution < -0.4 is 0 Å². The molecule has 4 aromatic carbocycles. The molecule has 7 rings (SSSR count). The molecular formula is C38H40O. The molecule has 0 aliphatic heterocycles. The number of hydrogen-bond acceptors (Lipinski definition) is 1. The second-order valence-electron chi connectivity index (χ2n) is 14.1. The number of phenols is 1. The first-order valence-corrected chi connectivity index (χ1v) is 14.8. The van der Waals surface area contributed by atoms with Crippen molar-refractivity contribution in [2.75, 3.05) is 0 Å². The molecule has 1 fully saturated rings. The van der Waals surface area contributed by atoms with Crippen molar-refractivity contribution >= 4 is 22.4 Å². The van der Waals surface area contributed by atoms with E-state index in [1.54, 1.807) is 0 Å². The number of benzene rings is 4. The molecule has 0 heterocycles. The summed E-state index contributed by atoms with van der Waals surface area (Å²) in [5, 5.41) is 13.8. The molecule has 0 unspecified atom stereocenters. The summed E-state index contributed by atoms with van der Waals surface area (Å²) < 4.78 is 0. The van der Waals surface area contributed by atoms with Gasteiger partial charge in [-0.1, -0.05) is 89.2 Å². The molecule has 3 aliphatic rings. The Hall–Kier alpha value is -3.32. The lowest BCUT2D eigenvalue weighted by Crippen LogP contribution is -2.43. The van der Waals surface area contributed by atoms with Crippen LogP contribution in [0, 0.1) is 10.8 Å². The number of phenolic OH excluding ortho intramolecular Hbond substituents is 1. The minimum Gasteiger partial charge on any atom is -0.507 e. The molecular weight excluding hydrogens is 472 g/mol. The summed E-state index contributed by atoms with van der Waals surface area (Å²) in [7, 11) is 0. The Labute approximate surface area is 233 Å². The summed E-state index contributed by atoms with van der Waals surface area (Å²) in [4.78, 5) is 0. The summed E-state index contributed by atoms with van der Waals surface area (Å²) in [5.41, 5.74) is 12.8. The van der Waals surface area contributed by atoms with Gasteiger partial charge in [-0.05, 0) is 123 Å². The SMILES string of the molecule is CCc1cc2c(O)cc3c(c2cc1C1=Cc2ccccc2CC1)-c1ccccc1C31CC(C)(C)CC(C)(C)C1. The lowest BCUT2D eigenvalue weighted by molar-refractivity contribution is 0.0645. The average molecular weight is 513 g/mol. The summed E-state index contributed by atoms with van der Waals surface area (Å²) in [6.45, 7) is 12.0. The molecule has 4 aromatic rings. The third-order valence-corrected chi connectivity index (χ3v) is 9.86. The van der Waals surface area contributed by atoms with E-state index in [1.807, 2.05) is 0 Å². The third kappa shape index (κ3) is 3.73. The van der Waals surface area contributed by atoms with Gasteiger partial charge < -0.3 is 5.11 Å². The highest BCUT2D eigenvalue weighted by Crippen LogP contribution is 2.64. The van der Waals surface area contributed by atoms with E-state index in [0.717, 1.165) is 37.5 Å². The van der Waals surface area contributed by atoms with Crippen LogP contribution in [0.4, 0.5) is 0 Å². The second kappa shape index (κ2) is 8.34. The molecule has 198 valence electrons. The Morgan fingerprint density at radius 1 is 0.718 bits per heavy atom. The van der Waals surface area contributed by atoms with Gasteiger partial charge in [-0.2, -0.15) is 0 Å². The van der Waals surface area contributed by atoms with Gasteiger partial charge in [-0.25, -0.2) is 0 Å². The Balaban J connectivity index is 1.53. The van der Waals surface area contributed by atoms with Gasteiger partial charge in [0, 0.05) is 10.8 Å². The number of aromatic hydroxyl groups is 1. The van der Waals surface area contributed by atoms with Crippen molar-refractivity contribution in [2.45, 2.75) is 78.6 Å². The van der Waals surface area contributed by atoms with E-state index >= 15 is 0 Å². The molecule has 0 radical (unpaired) electrons. The maximum atomic E-state index is 11.6. The van der Waals surface area contributed by atoms with Crippen LogP contribution in [0.3, 0.4) is 0 Å². The first-order chi connectivity index (χ1) is 18.6. The highest BCUT2D eigenvalue weighted by molar-refractivity contribution is 6.07. The van der Waals surface area contributed by atoms with Crippen molar-refractivity contribution in [3.05, 3.63) is 100 Å². The average Bonchev–Trinajstić information content (AvgIpc) is 3.14. The zero-order valence-electron chi connectivity index (χ0n) is 24.1. The van der Waals surface area contributed by atoms with Gasteiger partial charge >= 0.3 is 0 Å². The Morgan fingerprint density at radius 3 is 2.21 bits per heavy atom. The fourth-order valence-electron chi connectivity index (χ4n) is 9.16. The lowest BCUT2D eigenvalue weighted by atomic mass is 9.52. The summed E-state index contributed by atoms with van der Waals surface area (Å²) in [6, 6.07) is 24.8. The van der Waals surface area contributed by atoms with Crippen LogP contribution in [-0.4, -0.2) is 5.11 Å². The number of hydrogen-bond donors (Lipinski definition) is 1. The maximum absolute atomic E-state index is 11.6. The number of allylic oxidation sites excluding steroid dienone is 1. The normalized spacial score (nSPS) is 19.9. The molecule has 1 N–H and O–H groups in total. The van der Waals surface area contributed by atoms with Gasteiger partial charge in [0.15, 0.2) is 0 Å². The van der Waals surface area contributed by atoms with Gasteiger partial charge in [0.1, 0.15) is 5.75 Å². The molecule has 0 aromatic heterocycles. The fraction of sp³-hybridized carbons (Fsp3) is 0.368. The van der Waals surface area contributed by atoms with Gasteiger partial charge in [0.05, 0.1) is 0 Å². The van der Waals surface area contributed by atoms with Crippen molar-refractivity contribution in [1.82, 2.24) is 0 Å². The van der Waals surface area contributed by atoms with Crippen LogP contribution in [-0.2, 0) is 18.3 Å². The van der Waals surface area contributed by atoms with E-state index in [1.165, 1.54) is 61.9 Å².